The molecule has 0 aliphatic carbocycles. The quantitative estimate of drug-likeness (QED) is 0.202. The second-order valence-corrected chi connectivity index (χ2v) is 7.66. The van der Waals surface area contributed by atoms with Gasteiger partial charge in [0.15, 0.2) is 0 Å². The number of amides is 3. The SMILES string of the molecule is COC(=O)C(C)n1cc(C=C2C(=O)N(c3ccc(COO)cc3)C(=O)N2C)c2ccccc21. The number of hydrogen-bond acceptors (Lipinski definition) is 6. The number of hydrogen-bond donors (Lipinski definition) is 1. The minimum atomic E-state index is -0.566. The van der Waals surface area contributed by atoms with Crippen LogP contribution in [0.2, 0.25) is 0 Å². The van der Waals surface area contributed by atoms with E-state index in [1.807, 2.05) is 24.3 Å². The van der Waals surface area contributed by atoms with Crippen LogP contribution in [0.1, 0.15) is 24.1 Å². The first-order valence-corrected chi connectivity index (χ1v) is 10.2. The molecule has 1 aromatic heterocycles. The summed E-state index contributed by atoms with van der Waals surface area (Å²) in [7, 11) is 2.87. The van der Waals surface area contributed by atoms with E-state index in [1.165, 1.54) is 19.1 Å². The number of esters is 1. The lowest BCUT2D eigenvalue weighted by Crippen LogP contribution is -2.31. The highest BCUT2D eigenvalue weighted by Gasteiger charge is 2.40. The number of carbonyl (C=O) groups excluding carboxylic acids is 3. The van der Waals surface area contributed by atoms with E-state index in [0.29, 0.717) is 16.8 Å². The maximum atomic E-state index is 13.2. The first-order chi connectivity index (χ1) is 15.9. The molecule has 0 saturated carbocycles. The Labute approximate surface area is 189 Å². The highest BCUT2D eigenvalue weighted by atomic mass is 17.1. The summed E-state index contributed by atoms with van der Waals surface area (Å²) < 4.78 is 6.67. The van der Waals surface area contributed by atoms with Crippen molar-refractivity contribution < 1.29 is 29.3 Å². The second-order valence-electron chi connectivity index (χ2n) is 7.66. The summed E-state index contributed by atoms with van der Waals surface area (Å²) in [6.07, 6.45) is 3.42. The van der Waals surface area contributed by atoms with Crippen LogP contribution in [0.3, 0.4) is 0 Å². The molecule has 9 nitrogen and oxygen atoms in total. The topological polar surface area (TPSA) is 101 Å². The fourth-order valence-electron chi connectivity index (χ4n) is 3.90. The molecule has 3 amide bonds. The minimum Gasteiger partial charge on any atom is -0.467 e. The molecule has 170 valence electrons. The molecule has 33 heavy (non-hydrogen) atoms. The zero-order chi connectivity index (χ0) is 23.7. The molecule has 2 aromatic carbocycles. The van der Waals surface area contributed by atoms with E-state index >= 15 is 0 Å². The van der Waals surface area contributed by atoms with Gasteiger partial charge in [0.05, 0.1) is 12.8 Å². The third-order valence-corrected chi connectivity index (χ3v) is 5.71. The molecule has 1 N–H and O–H groups in total. The van der Waals surface area contributed by atoms with Gasteiger partial charge >= 0.3 is 12.0 Å². The van der Waals surface area contributed by atoms with E-state index in [1.54, 1.807) is 48.0 Å². The van der Waals surface area contributed by atoms with Crippen molar-refractivity contribution in [1.82, 2.24) is 9.47 Å². The standard InChI is InChI=1S/C24H23N3O6/c1-15(23(29)32-3)26-13-17(19-6-4-5-7-20(19)26)12-21-22(28)27(24(30)25(21)2)18-10-8-16(9-11-18)14-33-31/h4-13,15,31H,14H2,1-3H3. The van der Waals surface area contributed by atoms with Crippen LogP contribution >= 0.6 is 0 Å². The Hall–Kier alpha value is -3.95. The molecule has 2 heterocycles. The van der Waals surface area contributed by atoms with Crippen molar-refractivity contribution in [3.63, 3.8) is 0 Å². The lowest BCUT2D eigenvalue weighted by molar-refractivity contribution is -0.253. The van der Waals surface area contributed by atoms with Crippen LogP contribution in [-0.4, -0.2) is 46.8 Å². The summed E-state index contributed by atoms with van der Waals surface area (Å²) in [5, 5.41) is 9.42. The summed E-state index contributed by atoms with van der Waals surface area (Å²) in [6.45, 7) is 1.74. The van der Waals surface area contributed by atoms with Crippen molar-refractivity contribution in [1.29, 1.82) is 0 Å². The van der Waals surface area contributed by atoms with E-state index in [2.05, 4.69) is 4.89 Å². The number of nitrogens with zero attached hydrogens (tertiary/aromatic N) is 3. The number of methoxy groups -OCH3 is 1. The number of fused-ring (bicyclic) bond motifs is 1. The fraction of sp³-hybridized carbons (Fsp3) is 0.208. The summed E-state index contributed by atoms with van der Waals surface area (Å²) >= 11 is 0. The average Bonchev–Trinajstić information content (AvgIpc) is 3.29. The van der Waals surface area contributed by atoms with Crippen LogP contribution in [-0.2, 0) is 25.8 Å². The first-order valence-electron chi connectivity index (χ1n) is 10.2. The molecule has 1 aliphatic heterocycles. The zero-order valence-electron chi connectivity index (χ0n) is 18.4. The lowest BCUT2D eigenvalue weighted by atomic mass is 10.1. The minimum absolute atomic E-state index is 0.00128. The summed E-state index contributed by atoms with van der Waals surface area (Å²) in [5.41, 5.74) is 2.80. The number of rotatable bonds is 6. The largest absolute Gasteiger partial charge is 0.467 e. The zero-order valence-corrected chi connectivity index (χ0v) is 18.4. The first kappa shape index (κ1) is 22.3. The Morgan fingerprint density at radius 2 is 1.82 bits per heavy atom. The van der Waals surface area contributed by atoms with Gasteiger partial charge in [-0.3, -0.25) is 15.0 Å². The summed E-state index contributed by atoms with van der Waals surface area (Å²) in [4.78, 5) is 44.7. The molecule has 4 rings (SSSR count). The third kappa shape index (κ3) is 3.88. The van der Waals surface area contributed by atoms with Gasteiger partial charge in [-0.2, -0.15) is 0 Å². The Bertz CT molecular complexity index is 1260. The van der Waals surface area contributed by atoms with Gasteiger partial charge < -0.3 is 9.30 Å². The lowest BCUT2D eigenvalue weighted by Gasteiger charge is -2.13. The van der Waals surface area contributed by atoms with Gasteiger partial charge in [0.1, 0.15) is 18.3 Å². The van der Waals surface area contributed by atoms with Crippen LogP contribution in [0.4, 0.5) is 10.5 Å². The number of imide groups is 1. The third-order valence-electron chi connectivity index (χ3n) is 5.71. The van der Waals surface area contributed by atoms with Gasteiger partial charge in [-0.05, 0) is 36.8 Å². The number of likely N-dealkylation sites (N-methyl/N-ethyl adjacent to an activating group) is 1. The van der Waals surface area contributed by atoms with Crippen LogP contribution in [0.25, 0.3) is 17.0 Å². The number of ether oxygens (including phenoxy) is 1. The Balaban J connectivity index is 1.74. The van der Waals surface area contributed by atoms with Crippen molar-refractivity contribution in [2.75, 3.05) is 19.1 Å². The van der Waals surface area contributed by atoms with Gasteiger partial charge in [0.25, 0.3) is 5.91 Å². The van der Waals surface area contributed by atoms with Crippen LogP contribution < -0.4 is 4.90 Å². The van der Waals surface area contributed by atoms with E-state index in [-0.39, 0.29) is 18.3 Å². The molecular weight excluding hydrogens is 426 g/mol. The van der Waals surface area contributed by atoms with E-state index in [4.69, 9.17) is 9.99 Å². The smallest absolute Gasteiger partial charge is 0.336 e. The van der Waals surface area contributed by atoms with Crippen molar-refractivity contribution in [3.05, 3.63) is 71.6 Å². The number of para-hydroxylation sites is 1. The van der Waals surface area contributed by atoms with Gasteiger partial charge in [-0.1, -0.05) is 30.3 Å². The molecular formula is C24H23N3O6. The van der Waals surface area contributed by atoms with E-state index in [0.717, 1.165) is 15.8 Å². The maximum Gasteiger partial charge on any atom is 0.336 e. The number of aromatic nitrogens is 1. The molecule has 1 saturated heterocycles. The molecule has 1 atom stereocenters. The highest BCUT2D eigenvalue weighted by molar-refractivity contribution is 6.28. The molecule has 3 aromatic rings. The normalized spacial score (nSPS) is 16.2. The molecule has 0 bridgehead atoms. The second kappa shape index (κ2) is 8.89. The van der Waals surface area contributed by atoms with Crippen molar-refractivity contribution in [3.8, 4) is 0 Å². The Morgan fingerprint density at radius 3 is 2.48 bits per heavy atom. The average molecular weight is 449 g/mol. The molecule has 0 spiro atoms. The van der Waals surface area contributed by atoms with Crippen molar-refractivity contribution >= 4 is 40.6 Å². The highest BCUT2D eigenvalue weighted by Crippen LogP contribution is 2.31. The van der Waals surface area contributed by atoms with Crippen LogP contribution in [0.5, 0.6) is 0 Å². The number of urea groups is 1. The summed E-state index contributed by atoms with van der Waals surface area (Å²) in [6, 6.07) is 13.0. The van der Waals surface area contributed by atoms with Gasteiger partial charge in [0.2, 0.25) is 0 Å². The monoisotopic (exact) mass is 449 g/mol. The summed E-state index contributed by atoms with van der Waals surface area (Å²) in [5.74, 6) is -0.855. The van der Waals surface area contributed by atoms with Crippen molar-refractivity contribution in [2.24, 2.45) is 0 Å². The predicted octanol–water partition coefficient (Wildman–Crippen LogP) is 3.80. The molecule has 9 heteroatoms. The molecule has 1 fully saturated rings. The van der Waals surface area contributed by atoms with Crippen LogP contribution in [0.15, 0.2) is 60.4 Å². The Kier molecular flexibility index (Phi) is 5.99. The fourth-order valence-corrected chi connectivity index (χ4v) is 3.90. The van der Waals surface area contributed by atoms with Gasteiger partial charge in [-0.25, -0.2) is 19.4 Å². The van der Waals surface area contributed by atoms with Crippen LogP contribution in [0, 0.1) is 0 Å². The van der Waals surface area contributed by atoms with Crippen molar-refractivity contribution in [2.45, 2.75) is 19.6 Å². The maximum absolute atomic E-state index is 13.2. The van der Waals surface area contributed by atoms with E-state index < -0.39 is 18.0 Å². The Morgan fingerprint density at radius 1 is 1.12 bits per heavy atom. The number of benzene rings is 2. The van der Waals surface area contributed by atoms with Gasteiger partial charge in [-0.15, -0.1) is 0 Å². The molecule has 1 unspecified atom stereocenters. The molecule has 1 aliphatic rings. The van der Waals surface area contributed by atoms with E-state index in [9.17, 15) is 14.4 Å². The number of carbonyl (C=O) groups is 3. The van der Waals surface area contributed by atoms with Gasteiger partial charge in [0, 0.05) is 29.7 Å². The molecule has 0 radical (unpaired) electrons. The number of anilines is 1. The predicted molar refractivity (Wildman–Crippen MR) is 121 cm³/mol.